The van der Waals surface area contributed by atoms with Gasteiger partial charge in [-0.1, -0.05) is 25.1 Å². The van der Waals surface area contributed by atoms with Crippen LogP contribution in [0.3, 0.4) is 0 Å². The van der Waals surface area contributed by atoms with Crippen LogP contribution in [-0.2, 0) is 0 Å². The molecule has 2 rings (SSSR count). The number of nitrogens with one attached hydrogen (secondary N) is 1. The fourth-order valence-corrected chi connectivity index (χ4v) is 2.99. The van der Waals surface area contributed by atoms with E-state index >= 15 is 0 Å². The summed E-state index contributed by atoms with van der Waals surface area (Å²) in [4.78, 5) is 4.89. The quantitative estimate of drug-likeness (QED) is 0.861. The first-order valence-corrected chi connectivity index (χ1v) is 7.87. The van der Waals surface area contributed by atoms with Crippen LogP contribution in [0, 0.1) is 0 Å². The first-order valence-electron chi connectivity index (χ1n) is 7.87. The lowest BCUT2D eigenvalue weighted by Gasteiger charge is -2.26. The van der Waals surface area contributed by atoms with E-state index in [1.807, 2.05) is 0 Å². The van der Waals surface area contributed by atoms with Crippen molar-refractivity contribution >= 4 is 5.69 Å². The maximum absolute atomic E-state index is 3.61. The molecule has 112 valence electrons. The topological polar surface area (TPSA) is 18.5 Å². The van der Waals surface area contributed by atoms with Crippen LogP contribution < -0.4 is 10.2 Å². The molecule has 0 bridgehead atoms. The Hall–Kier alpha value is -1.06. The molecule has 1 saturated heterocycles. The van der Waals surface area contributed by atoms with Crippen LogP contribution in [0.5, 0.6) is 0 Å². The van der Waals surface area contributed by atoms with Crippen molar-refractivity contribution in [2.24, 2.45) is 0 Å². The number of anilines is 1. The van der Waals surface area contributed by atoms with E-state index in [1.165, 1.54) is 30.6 Å². The Kier molecular flexibility index (Phi) is 5.44. The summed E-state index contributed by atoms with van der Waals surface area (Å²) in [5, 5.41) is 3.61. The van der Waals surface area contributed by atoms with Crippen LogP contribution in [0.4, 0.5) is 5.69 Å². The molecule has 2 atom stereocenters. The van der Waals surface area contributed by atoms with Crippen molar-refractivity contribution in [2.45, 2.75) is 38.8 Å². The first-order chi connectivity index (χ1) is 9.63. The maximum Gasteiger partial charge on any atom is 0.0415 e. The zero-order chi connectivity index (χ0) is 14.5. The average molecular weight is 275 g/mol. The number of nitrogens with zero attached hydrogens (tertiary/aromatic N) is 2. The predicted molar refractivity (Wildman–Crippen MR) is 87.5 cm³/mol. The zero-order valence-corrected chi connectivity index (χ0v) is 13.4. The van der Waals surface area contributed by atoms with E-state index in [4.69, 9.17) is 0 Å². The summed E-state index contributed by atoms with van der Waals surface area (Å²) < 4.78 is 0. The van der Waals surface area contributed by atoms with Gasteiger partial charge in [-0.25, -0.2) is 0 Å². The highest BCUT2D eigenvalue weighted by Gasteiger charge is 2.26. The summed E-state index contributed by atoms with van der Waals surface area (Å²) >= 11 is 0. The van der Waals surface area contributed by atoms with Crippen molar-refractivity contribution < 1.29 is 0 Å². The number of para-hydroxylation sites is 1. The molecule has 1 fully saturated rings. The summed E-state index contributed by atoms with van der Waals surface area (Å²) in [7, 11) is 4.37. The minimum Gasteiger partial charge on any atom is -0.370 e. The molecule has 1 aliphatic heterocycles. The van der Waals surface area contributed by atoms with Gasteiger partial charge in [0.1, 0.15) is 0 Å². The summed E-state index contributed by atoms with van der Waals surface area (Å²) in [5.74, 6) is 0. The molecule has 0 aromatic heterocycles. The number of hydrogen-bond donors (Lipinski definition) is 1. The molecule has 0 radical (unpaired) electrons. The van der Waals surface area contributed by atoms with Crippen LogP contribution >= 0.6 is 0 Å². The molecule has 1 heterocycles. The van der Waals surface area contributed by atoms with Crippen molar-refractivity contribution in [3.8, 4) is 0 Å². The van der Waals surface area contributed by atoms with Crippen molar-refractivity contribution in [1.82, 2.24) is 10.2 Å². The average Bonchev–Trinajstić information content (AvgIpc) is 2.94. The Morgan fingerprint density at radius 2 is 2.10 bits per heavy atom. The Balaban J connectivity index is 2.12. The standard InChI is InChI=1S/C17H29N3/c1-5-11-18-14(2)16-8-6-7-9-17(16)20-12-10-15(13-20)19(3)4/h6-9,14-15,18H,5,10-13H2,1-4H3. The molecule has 20 heavy (non-hydrogen) atoms. The minimum absolute atomic E-state index is 0.421. The third-order valence-electron chi connectivity index (χ3n) is 4.34. The summed E-state index contributed by atoms with van der Waals surface area (Å²) in [6, 6.07) is 9.96. The molecule has 2 unspecified atom stereocenters. The normalized spacial score (nSPS) is 20.6. The third kappa shape index (κ3) is 3.53. The van der Waals surface area contributed by atoms with Crippen molar-refractivity contribution in [1.29, 1.82) is 0 Å². The van der Waals surface area contributed by atoms with Crippen LogP contribution in [0.15, 0.2) is 24.3 Å². The van der Waals surface area contributed by atoms with E-state index in [-0.39, 0.29) is 0 Å². The molecular formula is C17H29N3. The van der Waals surface area contributed by atoms with E-state index in [0.717, 1.165) is 13.1 Å². The number of benzene rings is 1. The summed E-state index contributed by atoms with van der Waals surface area (Å²) in [6.45, 7) is 7.88. The molecule has 3 nitrogen and oxygen atoms in total. The van der Waals surface area contributed by atoms with E-state index in [1.54, 1.807) is 0 Å². The summed E-state index contributed by atoms with van der Waals surface area (Å²) in [6.07, 6.45) is 2.44. The second-order valence-corrected chi connectivity index (χ2v) is 6.09. The van der Waals surface area contributed by atoms with Gasteiger partial charge in [-0.2, -0.15) is 0 Å². The second kappa shape index (κ2) is 7.09. The monoisotopic (exact) mass is 275 g/mol. The van der Waals surface area contributed by atoms with Crippen LogP contribution in [0.1, 0.15) is 38.3 Å². The molecule has 0 aliphatic carbocycles. The SMILES string of the molecule is CCCNC(C)c1ccccc1N1CCC(N(C)C)C1. The lowest BCUT2D eigenvalue weighted by Crippen LogP contribution is -2.32. The highest BCUT2D eigenvalue weighted by atomic mass is 15.2. The van der Waals surface area contributed by atoms with Crippen molar-refractivity contribution in [3.05, 3.63) is 29.8 Å². The molecule has 0 saturated carbocycles. The van der Waals surface area contributed by atoms with Crippen LogP contribution in [-0.4, -0.2) is 44.7 Å². The number of rotatable bonds is 6. The van der Waals surface area contributed by atoms with E-state index in [0.29, 0.717) is 12.1 Å². The Labute approximate surface area is 124 Å². The van der Waals surface area contributed by atoms with Gasteiger partial charge >= 0.3 is 0 Å². The fourth-order valence-electron chi connectivity index (χ4n) is 2.99. The lowest BCUT2D eigenvalue weighted by atomic mass is 10.1. The van der Waals surface area contributed by atoms with Gasteiger partial charge in [-0.15, -0.1) is 0 Å². The highest BCUT2D eigenvalue weighted by molar-refractivity contribution is 5.55. The highest BCUT2D eigenvalue weighted by Crippen LogP contribution is 2.29. The zero-order valence-electron chi connectivity index (χ0n) is 13.4. The number of hydrogen-bond acceptors (Lipinski definition) is 3. The van der Waals surface area contributed by atoms with Gasteiger partial charge in [0.2, 0.25) is 0 Å². The van der Waals surface area contributed by atoms with Gasteiger partial charge < -0.3 is 15.1 Å². The minimum atomic E-state index is 0.421. The molecule has 0 amide bonds. The van der Waals surface area contributed by atoms with Crippen molar-refractivity contribution in [2.75, 3.05) is 38.6 Å². The van der Waals surface area contributed by atoms with Crippen LogP contribution in [0.25, 0.3) is 0 Å². The Bertz CT molecular complexity index is 416. The summed E-state index contributed by atoms with van der Waals surface area (Å²) in [5.41, 5.74) is 2.84. The largest absolute Gasteiger partial charge is 0.370 e. The fraction of sp³-hybridized carbons (Fsp3) is 0.647. The molecule has 0 spiro atoms. The van der Waals surface area contributed by atoms with Crippen LogP contribution in [0.2, 0.25) is 0 Å². The van der Waals surface area contributed by atoms with Gasteiger partial charge in [0.15, 0.2) is 0 Å². The smallest absolute Gasteiger partial charge is 0.0415 e. The first kappa shape index (κ1) is 15.3. The molecule has 1 aromatic carbocycles. The molecule has 3 heteroatoms. The molecule has 1 aliphatic rings. The Morgan fingerprint density at radius 3 is 2.75 bits per heavy atom. The second-order valence-electron chi connectivity index (χ2n) is 6.09. The lowest BCUT2D eigenvalue weighted by molar-refractivity contribution is 0.315. The maximum atomic E-state index is 3.61. The predicted octanol–water partition coefficient (Wildman–Crippen LogP) is 2.89. The van der Waals surface area contributed by atoms with Crippen molar-refractivity contribution in [3.63, 3.8) is 0 Å². The van der Waals surface area contributed by atoms with E-state index < -0.39 is 0 Å². The molecule has 1 aromatic rings. The molecular weight excluding hydrogens is 246 g/mol. The van der Waals surface area contributed by atoms with Gasteiger partial charge in [0.25, 0.3) is 0 Å². The van der Waals surface area contributed by atoms with Gasteiger partial charge in [-0.3, -0.25) is 0 Å². The van der Waals surface area contributed by atoms with Gasteiger partial charge in [0, 0.05) is 30.9 Å². The van der Waals surface area contributed by atoms with E-state index in [9.17, 15) is 0 Å². The third-order valence-corrected chi connectivity index (χ3v) is 4.34. The molecule has 1 N–H and O–H groups in total. The van der Waals surface area contributed by atoms with E-state index in [2.05, 4.69) is 67.3 Å². The van der Waals surface area contributed by atoms with Gasteiger partial charge in [0.05, 0.1) is 0 Å². The Morgan fingerprint density at radius 1 is 1.35 bits per heavy atom. The number of likely N-dealkylation sites (N-methyl/N-ethyl adjacent to an activating group) is 1. The van der Waals surface area contributed by atoms with Gasteiger partial charge in [-0.05, 0) is 52.0 Å².